The molecule has 2 aromatic carbocycles. The highest BCUT2D eigenvalue weighted by atomic mass is 79.9. The Hall–Kier alpha value is -1.15. The third-order valence-electron chi connectivity index (χ3n) is 2.19. The van der Waals surface area contributed by atoms with Gasteiger partial charge in [0, 0.05) is 4.47 Å². The molecule has 0 heterocycles. The van der Waals surface area contributed by atoms with Gasteiger partial charge in [-0.3, -0.25) is 0 Å². The minimum absolute atomic E-state index is 0.178. The van der Waals surface area contributed by atoms with Gasteiger partial charge in [0.05, 0.1) is 0 Å². The maximum Gasteiger partial charge on any atom is 0.123 e. The molecule has 0 aliphatic rings. The molecule has 76 valence electrons. The van der Waals surface area contributed by atoms with Crippen LogP contribution < -0.4 is 0 Å². The maximum atomic E-state index is 12.9. The molecule has 0 aliphatic carbocycles. The number of rotatable bonds is 2. The first kappa shape index (κ1) is 10.4. The van der Waals surface area contributed by atoms with E-state index in [9.17, 15) is 4.39 Å². The maximum absolute atomic E-state index is 12.9. The molecule has 0 spiro atoms. The summed E-state index contributed by atoms with van der Waals surface area (Å²) in [6, 6.07) is 14.8. The van der Waals surface area contributed by atoms with Crippen LogP contribution >= 0.6 is 15.9 Å². The van der Waals surface area contributed by atoms with Gasteiger partial charge < -0.3 is 0 Å². The Morgan fingerprint density at radius 3 is 2.27 bits per heavy atom. The highest BCUT2D eigenvalue weighted by Gasteiger charge is 1.98. The predicted octanol–water partition coefficient (Wildman–Crippen LogP) is 4.18. The van der Waals surface area contributed by atoms with Gasteiger partial charge in [-0.1, -0.05) is 40.2 Å². The highest BCUT2D eigenvalue weighted by Crippen LogP contribution is 2.15. The highest BCUT2D eigenvalue weighted by molar-refractivity contribution is 9.10. The summed E-state index contributed by atoms with van der Waals surface area (Å²) in [7, 11) is 0. The quantitative estimate of drug-likeness (QED) is 0.764. The van der Waals surface area contributed by atoms with Crippen molar-refractivity contribution in [3.05, 3.63) is 69.9 Å². The third-order valence-corrected chi connectivity index (χ3v) is 2.68. The van der Waals surface area contributed by atoms with Gasteiger partial charge in [0.2, 0.25) is 0 Å². The lowest BCUT2D eigenvalue weighted by atomic mass is 10.1. The van der Waals surface area contributed by atoms with Crippen LogP contribution in [0.4, 0.5) is 4.39 Å². The molecule has 2 rings (SSSR count). The smallest absolute Gasteiger partial charge is 0.123 e. The summed E-state index contributed by atoms with van der Waals surface area (Å²) in [6.45, 7) is 0. The normalized spacial score (nSPS) is 10.3. The van der Waals surface area contributed by atoms with Crippen molar-refractivity contribution < 1.29 is 4.39 Å². The second-order valence-electron chi connectivity index (χ2n) is 3.44. The molecule has 15 heavy (non-hydrogen) atoms. The standard InChI is InChI=1S/C13H10BrF/c14-12-5-1-3-10(8-12)7-11-4-2-6-13(15)9-11/h1-6,8-9H,7H2. The summed E-state index contributed by atoms with van der Waals surface area (Å²) in [5, 5.41) is 0. The molecule has 0 amide bonds. The number of hydrogen-bond donors (Lipinski definition) is 0. The summed E-state index contributed by atoms with van der Waals surface area (Å²) in [6.07, 6.45) is 0.761. The van der Waals surface area contributed by atoms with Gasteiger partial charge in [0.15, 0.2) is 0 Å². The van der Waals surface area contributed by atoms with E-state index >= 15 is 0 Å². The molecule has 0 saturated heterocycles. The van der Waals surface area contributed by atoms with E-state index in [1.54, 1.807) is 12.1 Å². The first-order chi connectivity index (χ1) is 7.24. The zero-order valence-corrected chi connectivity index (χ0v) is 9.67. The summed E-state index contributed by atoms with van der Waals surface area (Å²) < 4.78 is 14.0. The molecule has 0 saturated carbocycles. The van der Waals surface area contributed by atoms with Crippen molar-refractivity contribution in [2.24, 2.45) is 0 Å². The van der Waals surface area contributed by atoms with Crippen LogP contribution in [-0.4, -0.2) is 0 Å². The molecule has 0 aliphatic heterocycles. The lowest BCUT2D eigenvalue weighted by molar-refractivity contribution is 0.626. The van der Waals surface area contributed by atoms with Crippen molar-refractivity contribution in [1.82, 2.24) is 0 Å². The predicted molar refractivity (Wildman–Crippen MR) is 63.3 cm³/mol. The average molecular weight is 265 g/mol. The van der Waals surface area contributed by atoms with Crippen molar-refractivity contribution in [3.63, 3.8) is 0 Å². The Labute approximate surface area is 96.9 Å². The first-order valence-electron chi connectivity index (χ1n) is 4.73. The number of hydrogen-bond acceptors (Lipinski definition) is 0. The topological polar surface area (TPSA) is 0 Å². The average Bonchev–Trinajstić information content (AvgIpc) is 2.17. The molecule has 0 fully saturated rings. The van der Waals surface area contributed by atoms with Gasteiger partial charge in [-0.05, 0) is 41.8 Å². The van der Waals surface area contributed by atoms with Crippen LogP contribution in [0, 0.1) is 5.82 Å². The Bertz CT molecular complexity index is 422. The van der Waals surface area contributed by atoms with Crippen molar-refractivity contribution in [3.8, 4) is 0 Å². The second-order valence-corrected chi connectivity index (χ2v) is 4.35. The molecule has 0 radical (unpaired) electrons. The Morgan fingerprint density at radius 1 is 0.933 bits per heavy atom. The van der Waals surface area contributed by atoms with Crippen LogP contribution in [0.25, 0.3) is 0 Å². The van der Waals surface area contributed by atoms with E-state index in [0.29, 0.717) is 0 Å². The van der Waals surface area contributed by atoms with Gasteiger partial charge in [-0.15, -0.1) is 0 Å². The van der Waals surface area contributed by atoms with E-state index in [0.717, 1.165) is 16.5 Å². The fourth-order valence-corrected chi connectivity index (χ4v) is 1.98. The summed E-state index contributed by atoms with van der Waals surface area (Å²) >= 11 is 3.42. The van der Waals surface area contributed by atoms with Gasteiger partial charge in [0.25, 0.3) is 0 Å². The van der Waals surface area contributed by atoms with Crippen molar-refractivity contribution in [1.29, 1.82) is 0 Å². The van der Waals surface area contributed by atoms with E-state index in [1.165, 1.54) is 11.6 Å². The van der Waals surface area contributed by atoms with Crippen LogP contribution in [-0.2, 0) is 6.42 Å². The molecule has 0 bridgehead atoms. The van der Waals surface area contributed by atoms with Crippen LogP contribution in [0.5, 0.6) is 0 Å². The lowest BCUT2D eigenvalue weighted by Crippen LogP contribution is -1.88. The molecular formula is C13H10BrF. The molecule has 0 aromatic heterocycles. The molecule has 0 unspecified atom stereocenters. The summed E-state index contributed by atoms with van der Waals surface area (Å²) in [5.41, 5.74) is 2.17. The van der Waals surface area contributed by atoms with Crippen molar-refractivity contribution in [2.45, 2.75) is 6.42 Å². The SMILES string of the molecule is Fc1cccc(Cc2cccc(Br)c2)c1. The van der Waals surface area contributed by atoms with Gasteiger partial charge in [-0.2, -0.15) is 0 Å². The molecule has 2 aromatic rings. The van der Waals surface area contributed by atoms with Crippen LogP contribution in [0.3, 0.4) is 0 Å². The molecule has 0 N–H and O–H groups in total. The molecular weight excluding hydrogens is 255 g/mol. The first-order valence-corrected chi connectivity index (χ1v) is 5.52. The monoisotopic (exact) mass is 264 g/mol. The Kier molecular flexibility index (Phi) is 3.17. The van der Waals surface area contributed by atoms with Crippen LogP contribution in [0.2, 0.25) is 0 Å². The molecule has 2 heteroatoms. The van der Waals surface area contributed by atoms with Gasteiger partial charge >= 0.3 is 0 Å². The number of halogens is 2. The fraction of sp³-hybridized carbons (Fsp3) is 0.0769. The van der Waals surface area contributed by atoms with E-state index in [4.69, 9.17) is 0 Å². The minimum atomic E-state index is -0.178. The van der Waals surface area contributed by atoms with E-state index in [-0.39, 0.29) is 5.82 Å². The van der Waals surface area contributed by atoms with Crippen molar-refractivity contribution in [2.75, 3.05) is 0 Å². The van der Waals surface area contributed by atoms with Crippen LogP contribution in [0.15, 0.2) is 53.0 Å². The second kappa shape index (κ2) is 4.58. The zero-order chi connectivity index (χ0) is 10.7. The van der Waals surface area contributed by atoms with Crippen LogP contribution in [0.1, 0.15) is 11.1 Å². The van der Waals surface area contributed by atoms with Crippen molar-refractivity contribution >= 4 is 15.9 Å². The largest absolute Gasteiger partial charge is 0.207 e. The van der Waals surface area contributed by atoms with E-state index in [2.05, 4.69) is 15.9 Å². The Morgan fingerprint density at radius 2 is 1.60 bits per heavy atom. The van der Waals surface area contributed by atoms with E-state index < -0.39 is 0 Å². The lowest BCUT2D eigenvalue weighted by Gasteiger charge is -2.02. The third kappa shape index (κ3) is 2.90. The molecule has 0 atom stereocenters. The summed E-state index contributed by atoms with van der Waals surface area (Å²) in [4.78, 5) is 0. The van der Waals surface area contributed by atoms with E-state index in [1.807, 2.05) is 30.3 Å². The van der Waals surface area contributed by atoms with Gasteiger partial charge in [-0.25, -0.2) is 4.39 Å². The molecule has 0 nitrogen and oxygen atoms in total. The fourth-order valence-electron chi connectivity index (χ4n) is 1.53. The Balaban J connectivity index is 2.22. The minimum Gasteiger partial charge on any atom is -0.207 e. The number of benzene rings is 2. The zero-order valence-electron chi connectivity index (χ0n) is 8.08. The van der Waals surface area contributed by atoms with Gasteiger partial charge in [0.1, 0.15) is 5.82 Å². The summed E-state index contributed by atoms with van der Waals surface area (Å²) in [5.74, 6) is -0.178.